The number of nitrogens with one attached hydrogen (secondary N) is 2. The van der Waals surface area contributed by atoms with E-state index < -0.39 is 0 Å². The van der Waals surface area contributed by atoms with Crippen LogP contribution >= 0.6 is 0 Å². The van der Waals surface area contributed by atoms with Gasteiger partial charge in [-0.2, -0.15) is 0 Å². The second-order valence-electron chi connectivity index (χ2n) is 6.29. The van der Waals surface area contributed by atoms with Crippen molar-refractivity contribution in [3.63, 3.8) is 0 Å². The number of hydrogen-bond acceptors (Lipinski definition) is 4. The van der Waals surface area contributed by atoms with Gasteiger partial charge in [0, 0.05) is 24.1 Å². The normalized spacial score (nSPS) is 10.7. The minimum absolute atomic E-state index is 0.194. The van der Waals surface area contributed by atoms with Crippen molar-refractivity contribution in [1.82, 2.24) is 9.88 Å². The first-order valence-corrected chi connectivity index (χ1v) is 8.19. The molecule has 0 saturated carbocycles. The molecule has 24 heavy (non-hydrogen) atoms. The van der Waals surface area contributed by atoms with Crippen LogP contribution in [0.3, 0.4) is 0 Å². The molecule has 0 saturated heterocycles. The maximum atomic E-state index is 12.4. The smallest absolute Gasteiger partial charge is 0.274 e. The molecular weight excluding hydrogens is 300 g/mol. The van der Waals surface area contributed by atoms with Crippen molar-refractivity contribution in [2.45, 2.75) is 20.3 Å². The molecule has 1 heterocycles. The van der Waals surface area contributed by atoms with Crippen molar-refractivity contribution >= 4 is 17.3 Å². The minimum atomic E-state index is -0.194. The summed E-state index contributed by atoms with van der Waals surface area (Å²) in [5, 5.41) is 6.27. The van der Waals surface area contributed by atoms with E-state index in [9.17, 15) is 4.79 Å². The molecule has 0 spiro atoms. The molecule has 0 fully saturated rings. The average Bonchev–Trinajstić information content (AvgIpc) is 2.55. The molecule has 2 N–H and O–H groups in total. The first kappa shape index (κ1) is 17.9. The molecule has 0 radical (unpaired) electrons. The van der Waals surface area contributed by atoms with Crippen LogP contribution in [0, 0.1) is 13.8 Å². The number of pyridine rings is 1. The van der Waals surface area contributed by atoms with E-state index in [0.717, 1.165) is 42.0 Å². The number of carbonyl (C=O) groups is 1. The van der Waals surface area contributed by atoms with Crippen LogP contribution in [0.25, 0.3) is 0 Å². The molecular formula is C19H26N4O. The van der Waals surface area contributed by atoms with E-state index in [1.165, 1.54) is 0 Å². The van der Waals surface area contributed by atoms with Gasteiger partial charge in [0.15, 0.2) is 0 Å². The number of amides is 1. The van der Waals surface area contributed by atoms with E-state index >= 15 is 0 Å². The Labute approximate surface area is 144 Å². The summed E-state index contributed by atoms with van der Waals surface area (Å²) < 4.78 is 0. The largest absolute Gasteiger partial charge is 0.385 e. The van der Waals surface area contributed by atoms with Gasteiger partial charge in [-0.05, 0) is 70.2 Å². The topological polar surface area (TPSA) is 57.3 Å². The zero-order valence-electron chi connectivity index (χ0n) is 14.9. The molecule has 1 amide bonds. The van der Waals surface area contributed by atoms with Crippen LogP contribution in [0.2, 0.25) is 0 Å². The maximum Gasteiger partial charge on any atom is 0.274 e. The standard InChI is InChI=1S/C19H26N4O/c1-14-6-7-15(2)17(12-14)22-19(24)18-13-16(8-10-21-18)20-9-5-11-23(3)4/h6-8,10,12-13H,5,9,11H2,1-4H3,(H,20,21)(H,22,24). The Morgan fingerprint density at radius 1 is 1.17 bits per heavy atom. The van der Waals surface area contributed by atoms with Gasteiger partial charge in [0.05, 0.1) is 0 Å². The van der Waals surface area contributed by atoms with Crippen LogP contribution in [0.15, 0.2) is 36.5 Å². The van der Waals surface area contributed by atoms with E-state index in [4.69, 9.17) is 0 Å². The van der Waals surface area contributed by atoms with Gasteiger partial charge in [0.1, 0.15) is 5.69 Å². The number of hydrogen-bond donors (Lipinski definition) is 2. The molecule has 0 aliphatic rings. The van der Waals surface area contributed by atoms with Crippen LogP contribution in [0.4, 0.5) is 11.4 Å². The Bertz CT molecular complexity index is 698. The number of carbonyl (C=O) groups excluding carboxylic acids is 1. The summed E-state index contributed by atoms with van der Waals surface area (Å²) in [6.07, 6.45) is 2.70. The second-order valence-corrected chi connectivity index (χ2v) is 6.29. The number of aryl methyl sites for hydroxylation is 2. The highest BCUT2D eigenvalue weighted by atomic mass is 16.1. The lowest BCUT2D eigenvalue weighted by atomic mass is 10.1. The summed E-state index contributed by atoms with van der Waals surface area (Å²) in [5.74, 6) is -0.194. The third-order valence-corrected chi connectivity index (χ3v) is 3.75. The molecule has 0 bridgehead atoms. The molecule has 0 aliphatic carbocycles. The van der Waals surface area contributed by atoms with Crippen molar-refractivity contribution in [2.24, 2.45) is 0 Å². The first-order valence-electron chi connectivity index (χ1n) is 8.19. The van der Waals surface area contributed by atoms with Crippen LogP contribution in [-0.4, -0.2) is 43.0 Å². The summed E-state index contributed by atoms with van der Waals surface area (Å²) in [7, 11) is 4.12. The van der Waals surface area contributed by atoms with Crippen molar-refractivity contribution in [3.05, 3.63) is 53.3 Å². The van der Waals surface area contributed by atoms with Crippen molar-refractivity contribution < 1.29 is 4.79 Å². The Kier molecular flexibility index (Phi) is 6.32. The van der Waals surface area contributed by atoms with Gasteiger partial charge in [-0.25, -0.2) is 0 Å². The average molecular weight is 326 g/mol. The zero-order chi connectivity index (χ0) is 17.5. The minimum Gasteiger partial charge on any atom is -0.385 e. The highest BCUT2D eigenvalue weighted by Crippen LogP contribution is 2.17. The summed E-state index contributed by atoms with van der Waals surface area (Å²) in [4.78, 5) is 18.8. The lowest BCUT2D eigenvalue weighted by molar-refractivity contribution is 0.102. The molecule has 0 unspecified atom stereocenters. The van der Waals surface area contributed by atoms with E-state index in [2.05, 4.69) is 34.6 Å². The highest BCUT2D eigenvalue weighted by molar-refractivity contribution is 6.03. The predicted molar refractivity (Wildman–Crippen MR) is 99.8 cm³/mol. The zero-order valence-corrected chi connectivity index (χ0v) is 14.9. The molecule has 1 aromatic carbocycles. The number of anilines is 2. The lowest BCUT2D eigenvalue weighted by Gasteiger charge is -2.12. The van der Waals surface area contributed by atoms with Gasteiger partial charge < -0.3 is 15.5 Å². The summed E-state index contributed by atoms with van der Waals surface area (Å²) >= 11 is 0. The molecule has 128 valence electrons. The van der Waals surface area contributed by atoms with E-state index in [0.29, 0.717) is 5.69 Å². The predicted octanol–water partition coefficient (Wildman–Crippen LogP) is 3.31. The number of benzene rings is 1. The van der Waals surface area contributed by atoms with Gasteiger partial charge >= 0.3 is 0 Å². The second kappa shape index (κ2) is 8.45. The van der Waals surface area contributed by atoms with E-state index in [-0.39, 0.29) is 5.91 Å². The Hall–Kier alpha value is -2.40. The van der Waals surface area contributed by atoms with Gasteiger partial charge in [-0.15, -0.1) is 0 Å². The Balaban J connectivity index is 1.99. The quantitative estimate of drug-likeness (QED) is 0.767. The highest BCUT2D eigenvalue weighted by Gasteiger charge is 2.10. The fourth-order valence-electron chi connectivity index (χ4n) is 2.35. The summed E-state index contributed by atoms with van der Waals surface area (Å²) in [5.41, 5.74) is 4.29. The fraction of sp³-hybridized carbons (Fsp3) is 0.368. The van der Waals surface area contributed by atoms with E-state index in [1.54, 1.807) is 12.3 Å². The van der Waals surface area contributed by atoms with Crippen LogP contribution in [0.1, 0.15) is 28.0 Å². The Morgan fingerprint density at radius 3 is 2.71 bits per heavy atom. The van der Waals surface area contributed by atoms with Gasteiger partial charge in [-0.3, -0.25) is 9.78 Å². The molecule has 0 aliphatic heterocycles. The van der Waals surface area contributed by atoms with Crippen LogP contribution < -0.4 is 10.6 Å². The van der Waals surface area contributed by atoms with Gasteiger partial charge in [0.25, 0.3) is 5.91 Å². The molecule has 0 atom stereocenters. The maximum absolute atomic E-state index is 12.4. The van der Waals surface area contributed by atoms with Crippen LogP contribution in [0.5, 0.6) is 0 Å². The first-order chi connectivity index (χ1) is 11.5. The summed E-state index contributed by atoms with van der Waals surface area (Å²) in [6, 6.07) is 9.67. The van der Waals surface area contributed by atoms with Crippen molar-refractivity contribution in [3.8, 4) is 0 Å². The number of rotatable bonds is 7. The Morgan fingerprint density at radius 2 is 1.96 bits per heavy atom. The summed E-state index contributed by atoms with van der Waals surface area (Å²) in [6.45, 7) is 5.87. The third-order valence-electron chi connectivity index (χ3n) is 3.75. The molecule has 1 aromatic heterocycles. The molecule has 5 heteroatoms. The molecule has 5 nitrogen and oxygen atoms in total. The molecule has 2 aromatic rings. The van der Waals surface area contributed by atoms with E-state index in [1.807, 2.05) is 38.1 Å². The molecule has 2 rings (SSSR count). The number of nitrogens with zero attached hydrogens (tertiary/aromatic N) is 2. The van der Waals surface area contributed by atoms with Crippen molar-refractivity contribution in [2.75, 3.05) is 37.8 Å². The fourth-order valence-corrected chi connectivity index (χ4v) is 2.35. The monoisotopic (exact) mass is 326 g/mol. The van der Waals surface area contributed by atoms with Crippen LogP contribution in [-0.2, 0) is 0 Å². The van der Waals surface area contributed by atoms with Gasteiger partial charge in [-0.1, -0.05) is 12.1 Å². The number of aromatic nitrogens is 1. The SMILES string of the molecule is Cc1ccc(C)c(NC(=O)c2cc(NCCCN(C)C)ccn2)c1. The van der Waals surface area contributed by atoms with Crippen molar-refractivity contribution in [1.29, 1.82) is 0 Å². The van der Waals surface area contributed by atoms with Gasteiger partial charge in [0.2, 0.25) is 0 Å². The third kappa shape index (κ3) is 5.35. The lowest BCUT2D eigenvalue weighted by Crippen LogP contribution is -2.17.